The normalized spacial score (nSPS) is 21.7. The molecule has 0 amide bonds. The molecular formula is C18H24N2O3. The van der Waals surface area contributed by atoms with Gasteiger partial charge in [0, 0.05) is 19.5 Å². The molecule has 124 valence electrons. The van der Waals surface area contributed by atoms with Crippen molar-refractivity contribution in [1.82, 2.24) is 5.32 Å². The van der Waals surface area contributed by atoms with E-state index in [9.17, 15) is 4.79 Å². The van der Waals surface area contributed by atoms with Gasteiger partial charge in [0.15, 0.2) is 0 Å². The van der Waals surface area contributed by atoms with Gasteiger partial charge in [0.25, 0.3) is 0 Å². The first-order chi connectivity index (χ1) is 11.1. The van der Waals surface area contributed by atoms with Crippen molar-refractivity contribution in [2.24, 2.45) is 5.73 Å². The van der Waals surface area contributed by atoms with Crippen LogP contribution >= 0.6 is 0 Å². The van der Waals surface area contributed by atoms with Crippen LogP contribution in [0.5, 0.6) is 0 Å². The lowest BCUT2D eigenvalue weighted by Gasteiger charge is -2.33. The van der Waals surface area contributed by atoms with E-state index in [2.05, 4.69) is 11.4 Å². The minimum Gasteiger partial charge on any atom is -0.480 e. The van der Waals surface area contributed by atoms with Gasteiger partial charge in [-0.3, -0.25) is 4.79 Å². The first kappa shape index (κ1) is 17.4. The Kier molecular flexibility index (Phi) is 6.10. The standard InChI is InChI=1S/C18H24N2O3/c1-14(17(21)22)20-13-15-7-9-18(10-8-15,23-12-11-19)16-5-3-2-4-6-16/h2-9,14,20H,10-13,19H2,1H3,(H,21,22). The summed E-state index contributed by atoms with van der Waals surface area (Å²) in [7, 11) is 0. The molecule has 0 radical (unpaired) electrons. The first-order valence-corrected chi connectivity index (χ1v) is 7.81. The Labute approximate surface area is 136 Å². The number of ether oxygens (including phenoxy) is 1. The molecule has 1 aliphatic carbocycles. The van der Waals surface area contributed by atoms with Crippen LogP contribution in [-0.4, -0.2) is 36.8 Å². The predicted molar refractivity (Wildman–Crippen MR) is 90.1 cm³/mol. The third kappa shape index (κ3) is 4.51. The van der Waals surface area contributed by atoms with Crippen LogP contribution in [0.1, 0.15) is 18.9 Å². The molecule has 2 atom stereocenters. The number of nitrogens with two attached hydrogens (primary N) is 1. The number of carboxylic acid groups (broad SMARTS) is 1. The van der Waals surface area contributed by atoms with Crippen molar-refractivity contribution in [2.45, 2.75) is 25.0 Å². The largest absolute Gasteiger partial charge is 0.480 e. The molecule has 0 saturated heterocycles. The van der Waals surface area contributed by atoms with Crippen LogP contribution in [0.25, 0.3) is 0 Å². The first-order valence-electron chi connectivity index (χ1n) is 7.81. The Bertz CT molecular complexity index is 583. The summed E-state index contributed by atoms with van der Waals surface area (Å²) in [4.78, 5) is 10.8. The molecule has 1 aromatic rings. The van der Waals surface area contributed by atoms with Crippen LogP contribution in [0.15, 0.2) is 54.1 Å². The molecule has 0 saturated carbocycles. The fourth-order valence-corrected chi connectivity index (χ4v) is 2.52. The van der Waals surface area contributed by atoms with Gasteiger partial charge < -0.3 is 20.9 Å². The molecule has 1 aromatic carbocycles. The van der Waals surface area contributed by atoms with Gasteiger partial charge in [0.1, 0.15) is 11.6 Å². The summed E-state index contributed by atoms with van der Waals surface area (Å²) >= 11 is 0. The number of hydrogen-bond acceptors (Lipinski definition) is 4. The van der Waals surface area contributed by atoms with E-state index in [0.717, 1.165) is 11.1 Å². The van der Waals surface area contributed by atoms with Crippen molar-refractivity contribution >= 4 is 5.97 Å². The predicted octanol–water partition coefficient (Wildman–Crippen LogP) is 1.81. The molecule has 5 nitrogen and oxygen atoms in total. The topological polar surface area (TPSA) is 84.6 Å². The van der Waals surface area contributed by atoms with Gasteiger partial charge in [-0.2, -0.15) is 0 Å². The lowest BCUT2D eigenvalue weighted by Crippen LogP contribution is -2.36. The van der Waals surface area contributed by atoms with E-state index in [-0.39, 0.29) is 0 Å². The summed E-state index contributed by atoms with van der Waals surface area (Å²) < 4.78 is 6.05. The maximum Gasteiger partial charge on any atom is 0.320 e. The zero-order valence-electron chi connectivity index (χ0n) is 13.4. The quantitative estimate of drug-likeness (QED) is 0.681. The Morgan fingerprint density at radius 1 is 1.43 bits per heavy atom. The number of nitrogens with one attached hydrogen (secondary N) is 1. The van der Waals surface area contributed by atoms with Crippen LogP contribution in [-0.2, 0) is 15.1 Å². The number of benzene rings is 1. The SMILES string of the molecule is CC(NCC1=CCC(OCCN)(c2ccccc2)C=C1)C(=O)O. The highest BCUT2D eigenvalue weighted by Crippen LogP contribution is 2.35. The van der Waals surface area contributed by atoms with Crippen LogP contribution in [0.3, 0.4) is 0 Å². The average Bonchev–Trinajstić information content (AvgIpc) is 2.59. The van der Waals surface area contributed by atoms with E-state index in [4.69, 9.17) is 15.6 Å². The number of hydrogen-bond donors (Lipinski definition) is 3. The van der Waals surface area contributed by atoms with Crippen molar-refractivity contribution in [3.8, 4) is 0 Å². The second-order valence-corrected chi connectivity index (χ2v) is 5.65. The minimum absolute atomic E-state index is 0.469. The smallest absolute Gasteiger partial charge is 0.320 e. The van der Waals surface area contributed by atoms with Crippen molar-refractivity contribution < 1.29 is 14.6 Å². The molecular weight excluding hydrogens is 292 g/mol. The van der Waals surface area contributed by atoms with Crippen molar-refractivity contribution in [2.75, 3.05) is 19.7 Å². The van der Waals surface area contributed by atoms with E-state index in [1.807, 2.05) is 42.5 Å². The van der Waals surface area contributed by atoms with Gasteiger partial charge in [0.2, 0.25) is 0 Å². The van der Waals surface area contributed by atoms with E-state index in [1.165, 1.54) is 0 Å². The van der Waals surface area contributed by atoms with Crippen molar-refractivity contribution in [3.63, 3.8) is 0 Å². The summed E-state index contributed by atoms with van der Waals surface area (Å²) in [5.41, 5.74) is 7.24. The summed E-state index contributed by atoms with van der Waals surface area (Å²) in [5, 5.41) is 11.9. The zero-order valence-corrected chi connectivity index (χ0v) is 13.4. The number of carboxylic acids is 1. The van der Waals surface area contributed by atoms with Gasteiger partial charge in [-0.1, -0.05) is 42.5 Å². The van der Waals surface area contributed by atoms with Crippen LogP contribution in [0.4, 0.5) is 0 Å². The third-order valence-electron chi connectivity index (χ3n) is 3.96. The second-order valence-electron chi connectivity index (χ2n) is 5.65. The zero-order chi connectivity index (χ0) is 16.7. The molecule has 4 N–H and O–H groups in total. The lowest BCUT2D eigenvalue weighted by atomic mass is 9.85. The van der Waals surface area contributed by atoms with Gasteiger partial charge in [-0.25, -0.2) is 0 Å². The fraction of sp³-hybridized carbons (Fsp3) is 0.389. The van der Waals surface area contributed by atoms with Crippen LogP contribution < -0.4 is 11.1 Å². The Morgan fingerprint density at radius 3 is 2.74 bits per heavy atom. The molecule has 0 fully saturated rings. The van der Waals surface area contributed by atoms with E-state index >= 15 is 0 Å². The molecule has 1 aliphatic rings. The van der Waals surface area contributed by atoms with Crippen molar-refractivity contribution in [3.05, 3.63) is 59.7 Å². The second kappa shape index (κ2) is 8.06. The summed E-state index contributed by atoms with van der Waals surface area (Å²) in [6, 6.07) is 9.48. The molecule has 0 aliphatic heterocycles. The minimum atomic E-state index is -0.852. The number of carbonyl (C=O) groups is 1. The van der Waals surface area contributed by atoms with Crippen molar-refractivity contribution in [1.29, 1.82) is 0 Å². The van der Waals surface area contributed by atoms with E-state index < -0.39 is 17.6 Å². The van der Waals surface area contributed by atoms with Gasteiger partial charge >= 0.3 is 5.97 Å². The van der Waals surface area contributed by atoms with E-state index in [1.54, 1.807) is 6.92 Å². The maximum absolute atomic E-state index is 10.8. The molecule has 0 spiro atoms. The molecule has 23 heavy (non-hydrogen) atoms. The maximum atomic E-state index is 10.8. The molecule has 0 heterocycles. The highest BCUT2D eigenvalue weighted by Gasteiger charge is 2.31. The number of aliphatic carboxylic acids is 1. The van der Waals surface area contributed by atoms with Gasteiger partial charge in [0.05, 0.1) is 6.61 Å². The van der Waals surface area contributed by atoms with Gasteiger partial charge in [-0.15, -0.1) is 0 Å². The highest BCUT2D eigenvalue weighted by atomic mass is 16.5. The molecule has 2 unspecified atom stereocenters. The van der Waals surface area contributed by atoms with Crippen LogP contribution in [0, 0.1) is 0 Å². The number of rotatable bonds is 8. The average molecular weight is 316 g/mol. The van der Waals surface area contributed by atoms with E-state index in [0.29, 0.717) is 26.1 Å². The lowest BCUT2D eigenvalue weighted by molar-refractivity contribution is -0.138. The molecule has 2 rings (SSSR count). The highest BCUT2D eigenvalue weighted by molar-refractivity contribution is 5.72. The Hall–Kier alpha value is -1.95. The Balaban J connectivity index is 2.07. The molecule has 0 bridgehead atoms. The van der Waals surface area contributed by atoms with Crippen LogP contribution in [0.2, 0.25) is 0 Å². The fourth-order valence-electron chi connectivity index (χ4n) is 2.52. The summed E-state index contributed by atoms with van der Waals surface area (Å²) in [6.07, 6.45) is 6.83. The molecule has 5 heteroatoms. The Morgan fingerprint density at radius 2 is 2.17 bits per heavy atom. The summed E-state index contributed by atoms with van der Waals surface area (Å²) in [5.74, 6) is -0.852. The monoisotopic (exact) mass is 316 g/mol. The third-order valence-corrected chi connectivity index (χ3v) is 3.96. The molecule has 0 aromatic heterocycles. The van der Waals surface area contributed by atoms with Gasteiger partial charge in [-0.05, 0) is 24.1 Å². The summed E-state index contributed by atoms with van der Waals surface area (Å²) in [6.45, 7) is 3.10.